The minimum absolute atomic E-state index is 0.0419. The van der Waals surface area contributed by atoms with E-state index in [0.29, 0.717) is 52.9 Å². The van der Waals surface area contributed by atoms with Crippen LogP contribution in [0.15, 0.2) is 83.2 Å². The molecule has 4 aromatic rings. The molecule has 1 atom stereocenters. The van der Waals surface area contributed by atoms with Crippen LogP contribution >= 0.6 is 0 Å². The Balaban J connectivity index is 1.36. The van der Waals surface area contributed by atoms with Crippen LogP contribution in [-0.2, 0) is 11.2 Å². The van der Waals surface area contributed by atoms with E-state index in [9.17, 15) is 9.59 Å². The van der Waals surface area contributed by atoms with Crippen molar-refractivity contribution in [2.75, 3.05) is 20.8 Å². The van der Waals surface area contributed by atoms with Crippen molar-refractivity contribution < 1.29 is 37.7 Å². The fourth-order valence-corrected chi connectivity index (χ4v) is 5.06. The summed E-state index contributed by atoms with van der Waals surface area (Å²) in [6, 6.07) is 20.1. The lowest BCUT2D eigenvalue weighted by molar-refractivity contribution is -0.135. The van der Waals surface area contributed by atoms with Gasteiger partial charge in [0.05, 0.1) is 39.1 Å². The van der Waals surface area contributed by atoms with Crippen molar-refractivity contribution in [1.82, 2.24) is 0 Å². The van der Waals surface area contributed by atoms with E-state index in [1.165, 1.54) is 6.26 Å². The van der Waals surface area contributed by atoms with Gasteiger partial charge in [0.1, 0.15) is 23.0 Å². The van der Waals surface area contributed by atoms with E-state index in [1.807, 2.05) is 42.5 Å². The Morgan fingerprint density at radius 3 is 2.52 bits per heavy atom. The standard InChI is InChI=1S/C32H26O8/c1-35-20-10-8-19(9-11-20)14-16-38-31-22(6-3-7-26(31)36-2)24-18-28(33)39-25-13-12-23-30(34)27(40-32(23)29(24)25)17-21-5-4-15-37-21/h3-13,15,17,24H,14,16,18H2,1-2H3/b27-17-/t24-/m0/s1. The zero-order chi connectivity index (χ0) is 27.6. The third kappa shape index (κ3) is 4.68. The van der Waals surface area contributed by atoms with Gasteiger partial charge < -0.3 is 28.1 Å². The molecule has 2 aliphatic rings. The number of hydrogen-bond acceptors (Lipinski definition) is 8. The second-order valence-corrected chi connectivity index (χ2v) is 9.37. The van der Waals surface area contributed by atoms with Crippen molar-refractivity contribution in [1.29, 1.82) is 0 Å². The number of ether oxygens (including phenoxy) is 5. The molecule has 2 aliphatic heterocycles. The molecule has 0 aliphatic carbocycles. The van der Waals surface area contributed by atoms with Crippen molar-refractivity contribution >= 4 is 17.8 Å². The minimum atomic E-state index is -0.493. The molecule has 3 heterocycles. The minimum Gasteiger partial charge on any atom is -0.497 e. The quantitative estimate of drug-likeness (QED) is 0.154. The van der Waals surface area contributed by atoms with Crippen molar-refractivity contribution in [3.8, 4) is 28.7 Å². The maximum absolute atomic E-state index is 13.2. The van der Waals surface area contributed by atoms with Crippen LogP contribution < -0.4 is 23.7 Å². The zero-order valence-corrected chi connectivity index (χ0v) is 22.0. The van der Waals surface area contributed by atoms with E-state index in [-0.39, 0.29) is 23.9 Å². The van der Waals surface area contributed by atoms with Gasteiger partial charge in [-0.3, -0.25) is 9.59 Å². The van der Waals surface area contributed by atoms with Gasteiger partial charge in [-0.1, -0.05) is 24.3 Å². The van der Waals surface area contributed by atoms with Crippen molar-refractivity contribution in [3.63, 3.8) is 0 Å². The number of carbonyl (C=O) groups is 2. The van der Waals surface area contributed by atoms with Crippen LogP contribution in [0, 0.1) is 0 Å². The molecule has 0 fully saturated rings. The second-order valence-electron chi connectivity index (χ2n) is 9.37. The number of methoxy groups -OCH3 is 2. The van der Waals surface area contributed by atoms with Crippen LogP contribution in [0.25, 0.3) is 6.08 Å². The molecule has 202 valence electrons. The fourth-order valence-electron chi connectivity index (χ4n) is 5.06. The summed E-state index contributed by atoms with van der Waals surface area (Å²) in [4.78, 5) is 25.9. The first-order chi connectivity index (χ1) is 19.6. The first-order valence-corrected chi connectivity index (χ1v) is 12.8. The highest BCUT2D eigenvalue weighted by atomic mass is 16.5. The summed E-state index contributed by atoms with van der Waals surface area (Å²) in [5.41, 5.74) is 2.83. The predicted molar refractivity (Wildman–Crippen MR) is 145 cm³/mol. The number of esters is 1. The summed E-state index contributed by atoms with van der Waals surface area (Å²) in [7, 11) is 3.21. The molecule has 0 saturated carbocycles. The summed E-state index contributed by atoms with van der Waals surface area (Å²) in [6.45, 7) is 0.377. The summed E-state index contributed by atoms with van der Waals surface area (Å²) >= 11 is 0. The summed E-state index contributed by atoms with van der Waals surface area (Å²) < 4.78 is 34.3. The van der Waals surface area contributed by atoms with E-state index in [1.54, 1.807) is 44.6 Å². The molecule has 3 aromatic carbocycles. The third-order valence-corrected chi connectivity index (χ3v) is 7.00. The van der Waals surface area contributed by atoms with Gasteiger partial charge in [-0.25, -0.2) is 0 Å². The molecule has 0 radical (unpaired) electrons. The lowest BCUT2D eigenvalue weighted by Gasteiger charge is -2.28. The monoisotopic (exact) mass is 538 g/mol. The van der Waals surface area contributed by atoms with E-state index < -0.39 is 5.92 Å². The van der Waals surface area contributed by atoms with E-state index >= 15 is 0 Å². The number of furan rings is 1. The molecule has 0 amide bonds. The molecular formula is C32H26O8. The van der Waals surface area contributed by atoms with E-state index in [4.69, 9.17) is 28.1 Å². The number of Topliss-reactive ketones (excluding diaryl/α,β-unsaturated/α-hetero) is 1. The zero-order valence-electron chi connectivity index (χ0n) is 22.0. The molecule has 0 spiro atoms. The number of carbonyl (C=O) groups excluding carboxylic acids is 2. The number of benzene rings is 3. The van der Waals surface area contributed by atoms with Gasteiger partial charge in [-0.2, -0.15) is 0 Å². The molecule has 8 nitrogen and oxygen atoms in total. The number of rotatable bonds is 8. The number of allylic oxidation sites excluding steroid dienone is 1. The van der Waals surface area contributed by atoms with Crippen molar-refractivity contribution in [2.45, 2.75) is 18.8 Å². The molecule has 6 rings (SSSR count). The maximum Gasteiger partial charge on any atom is 0.312 e. The molecule has 0 bridgehead atoms. The Morgan fingerprint density at radius 2 is 1.77 bits per heavy atom. The van der Waals surface area contributed by atoms with Crippen LogP contribution in [0.3, 0.4) is 0 Å². The highest BCUT2D eigenvalue weighted by Gasteiger charge is 2.40. The van der Waals surface area contributed by atoms with Gasteiger partial charge >= 0.3 is 5.97 Å². The van der Waals surface area contributed by atoms with Crippen LogP contribution in [0.4, 0.5) is 0 Å². The average molecular weight is 539 g/mol. The topological polar surface area (TPSA) is 93.4 Å². The van der Waals surface area contributed by atoms with Crippen LogP contribution in [0.2, 0.25) is 0 Å². The predicted octanol–water partition coefficient (Wildman–Crippen LogP) is 5.98. The first kappa shape index (κ1) is 25.3. The van der Waals surface area contributed by atoms with Crippen molar-refractivity contribution in [3.05, 3.63) is 107 Å². The highest BCUT2D eigenvalue weighted by molar-refractivity contribution is 6.15. The smallest absolute Gasteiger partial charge is 0.312 e. The first-order valence-electron chi connectivity index (χ1n) is 12.8. The van der Waals surface area contributed by atoms with Crippen LogP contribution in [0.5, 0.6) is 28.7 Å². The van der Waals surface area contributed by atoms with E-state index in [2.05, 4.69) is 0 Å². The summed E-state index contributed by atoms with van der Waals surface area (Å²) in [5, 5.41) is 0. The average Bonchev–Trinajstić information content (AvgIpc) is 3.60. The number of ketones is 1. The molecule has 0 saturated heterocycles. The van der Waals surface area contributed by atoms with Gasteiger partial charge in [0, 0.05) is 29.5 Å². The lowest BCUT2D eigenvalue weighted by Crippen LogP contribution is -2.22. The van der Waals surface area contributed by atoms with Crippen LogP contribution in [-0.4, -0.2) is 32.6 Å². The normalized spacial score (nSPS) is 16.6. The lowest BCUT2D eigenvalue weighted by atomic mass is 9.84. The Morgan fingerprint density at radius 1 is 0.925 bits per heavy atom. The number of para-hydroxylation sites is 1. The molecular weight excluding hydrogens is 512 g/mol. The third-order valence-electron chi connectivity index (χ3n) is 7.00. The molecule has 8 heteroatoms. The maximum atomic E-state index is 13.2. The second kappa shape index (κ2) is 10.6. The largest absolute Gasteiger partial charge is 0.497 e. The van der Waals surface area contributed by atoms with Gasteiger partial charge in [-0.05, 0) is 48.0 Å². The summed E-state index contributed by atoms with van der Waals surface area (Å²) in [6.07, 6.45) is 3.77. The van der Waals surface area contributed by atoms with Crippen LogP contribution in [0.1, 0.15) is 45.1 Å². The Bertz CT molecular complexity index is 1600. The van der Waals surface area contributed by atoms with Gasteiger partial charge in [0.25, 0.3) is 0 Å². The SMILES string of the molecule is COc1ccc(CCOc2c(OC)cccc2[C@@H]2CC(=O)Oc3ccc4c(c32)O/C(=C\c2ccco2)C4=O)cc1. The van der Waals surface area contributed by atoms with Gasteiger partial charge in [-0.15, -0.1) is 0 Å². The Hall–Kier alpha value is -4.98. The molecule has 40 heavy (non-hydrogen) atoms. The Kier molecular flexibility index (Phi) is 6.74. The van der Waals surface area contributed by atoms with Crippen molar-refractivity contribution in [2.24, 2.45) is 0 Å². The number of fused-ring (bicyclic) bond motifs is 3. The fraction of sp³-hybridized carbons (Fsp3) is 0.188. The molecule has 0 N–H and O–H groups in total. The van der Waals surface area contributed by atoms with E-state index in [0.717, 1.165) is 16.9 Å². The summed E-state index contributed by atoms with van der Waals surface area (Å²) in [5.74, 6) is 2.04. The molecule has 0 unspecified atom stereocenters. The van der Waals surface area contributed by atoms with Gasteiger partial charge in [0.2, 0.25) is 5.78 Å². The highest BCUT2D eigenvalue weighted by Crippen LogP contribution is 2.51. The molecule has 1 aromatic heterocycles. The van der Waals surface area contributed by atoms with Gasteiger partial charge in [0.15, 0.2) is 17.3 Å². The number of hydrogen-bond donors (Lipinski definition) is 0. The Labute approximate surface area is 230 Å².